The summed E-state index contributed by atoms with van der Waals surface area (Å²) in [5, 5.41) is 0.933. The number of alkyl halides is 1. The largest absolute Gasteiger partial charge is 0.295 e. The molecule has 1 amide bonds. The maximum absolute atomic E-state index is 11.8. The molecule has 0 bridgehead atoms. The van der Waals surface area contributed by atoms with Crippen molar-refractivity contribution in [2.24, 2.45) is 0 Å². The second-order valence-corrected chi connectivity index (χ2v) is 5.85. The molecule has 1 fully saturated rings. The summed E-state index contributed by atoms with van der Waals surface area (Å²) in [6.07, 6.45) is 0.390. The van der Waals surface area contributed by atoms with Gasteiger partial charge in [0.05, 0.1) is 10.9 Å². The van der Waals surface area contributed by atoms with Crippen molar-refractivity contribution in [1.82, 2.24) is 4.98 Å². The molecule has 18 heavy (non-hydrogen) atoms. The summed E-state index contributed by atoms with van der Waals surface area (Å²) in [5.41, 5.74) is 0.876. The van der Waals surface area contributed by atoms with Crippen LogP contribution in [0.25, 0.3) is 10.9 Å². The number of nitrogens with zero attached hydrogens (tertiary/aromatic N) is 2. The highest BCUT2D eigenvalue weighted by atomic mass is 79.9. The number of benzene rings is 1. The molecule has 92 valence electrons. The van der Waals surface area contributed by atoms with Crippen LogP contribution in [0.3, 0.4) is 0 Å². The normalized spacial score (nSPS) is 19.8. The number of amides is 1. The summed E-state index contributed by atoms with van der Waals surface area (Å²) >= 11 is 9.42. The Hall–Kier alpha value is -1.13. The molecule has 0 spiro atoms. The Morgan fingerprint density at radius 3 is 2.89 bits per heavy atom. The number of rotatable bonds is 1. The van der Waals surface area contributed by atoms with Crippen LogP contribution in [-0.2, 0) is 4.79 Å². The second-order valence-electron chi connectivity index (χ2n) is 4.31. The average Bonchev–Trinajstić information content (AvgIpc) is 2.68. The van der Waals surface area contributed by atoms with E-state index in [1.54, 1.807) is 4.90 Å². The molecule has 1 atom stereocenters. The summed E-state index contributed by atoms with van der Waals surface area (Å²) in [6.45, 7) is 0.537. The Bertz CT molecular complexity index is 631. The van der Waals surface area contributed by atoms with Crippen LogP contribution in [-0.4, -0.2) is 22.8 Å². The van der Waals surface area contributed by atoms with Crippen molar-refractivity contribution in [3.05, 3.63) is 34.8 Å². The van der Waals surface area contributed by atoms with Crippen molar-refractivity contribution in [3.8, 4) is 0 Å². The van der Waals surface area contributed by atoms with Crippen LogP contribution >= 0.6 is 27.5 Å². The van der Waals surface area contributed by atoms with Crippen LogP contribution in [0.1, 0.15) is 6.42 Å². The first kappa shape index (κ1) is 11.9. The van der Waals surface area contributed by atoms with E-state index >= 15 is 0 Å². The van der Waals surface area contributed by atoms with Crippen molar-refractivity contribution in [1.29, 1.82) is 0 Å². The van der Waals surface area contributed by atoms with E-state index in [1.165, 1.54) is 0 Å². The number of fused-ring (bicyclic) bond motifs is 1. The van der Waals surface area contributed by atoms with Crippen molar-refractivity contribution in [2.75, 3.05) is 11.4 Å². The molecule has 3 rings (SSSR count). The molecular formula is C13H10BrClN2O. The van der Waals surface area contributed by atoms with Crippen LogP contribution in [0.5, 0.6) is 0 Å². The first-order chi connectivity index (χ1) is 8.63. The third-order valence-electron chi connectivity index (χ3n) is 2.99. The molecular weight excluding hydrogens is 316 g/mol. The lowest BCUT2D eigenvalue weighted by atomic mass is 10.2. The van der Waals surface area contributed by atoms with Crippen LogP contribution in [0.15, 0.2) is 34.8 Å². The lowest BCUT2D eigenvalue weighted by Crippen LogP contribution is -2.25. The fourth-order valence-corrected chi connectivity index (χ4v) is 2.77. The molecule has 2 aromatic rings. The Morgan fingerprint density at radius 1 is 1.33 bits per heavy atom. The number of halogens is 2. The molecule has 1 aromatic heterocycles. The van der Waals surface area contributed by atoms with Gasteiger partial charge in [-0.15, -0.1) is 11.6 Å². The zero-order chi connectivity index (χ0) is 12.7. The van der Waals surface area contributed by atoms with E-state index < -0.39 is 0 Å². The first-order valence-electron chi connectivity index (χ1n) is 5.64. The van der Waals surface area contributed by atoms with Crippen molar-refractivity contribution < 1.29 is 4.79 Å². The molecule has 0 aliphatic carbocycles. The number of aromatic nitrogens is 1. The third kappa shape index (κ3) is 2.10. The van der Waals surface area contributed by atoms with E-state index in [0.717, 1.165) is 15.4 Å². The van der Waals surface area contributed by atoms with E-state index in [1.807, 2.05) is 30.3 Å². The second kappa shape index (κ2) is 4.52. The lowest BCUT2D eigenvalue weighted by Gasteiger charge is -2.15. The highest BCUT2D eigenvalue weighted by Gasteiger charge is 2.29. The smallest absolute Gasteiger partial charge is 0.229 e. The molecule has 0 N–H and O–H groups in total. The van der Waals surface area contributed by atoms with Gasteiger partial charge in [-0.1, -0.05) is 15.9 Å². The number of pyridine rings is 1. The zero-order valence-electron chi connectivity index (χ0n) is 9.44. The predicted molar refractivity (Wildman–Crippen MR) is 76.1 cm³/mol. The van der Waals surface area contributed by atoms with Crippen LogP contribution < -0.4 is 4.90 Å². The SMILES string of the molecule is O=C1CC(Cl)CN1c1ccc2cc(Br)ccc2n1. The van der Waals surface area contributed by atoms with Crippen molar-refractivity contribution >= 4 is 50.2 Å². The lowest BCUT2D eigenvalue weighted by molar-refractivity contribution is -0.117. The van der Waals surface area contributed by atoms with Crippen LogP contribution in [0, 0.1) is 0 Å². The molecule has 0 saturated carbocycles. The number of hydrogen-bond acceptors (Lipinski definition) is 2. The van der Waals surface area contributed by atoms with E-state index in [4.69, 9.17) is 11.6 Å². The maximum Gasteiger partial charge on any atom is 0.229 e. The van der Waals surface area contributed by atoms with E-state index in [-0.39, 0.29) is 11.3 Å². The van der Waals surface area contributed by atoms with E-state index in [0.29, 0.717) is 18.8 Å². The van der Waals surface area contributed by atoms with Gasteiger partial charge in [0.15, 0.2) is 0 Å². The zero-order valence-corrected chi connectivity index (χ0v) is 11.8. The van der Waals surface area contributed by atoms with Crippen molar-refractivity contribution in [3.63, 3.8) is 0 Å². The standard InChI is InChI=1S/C13H10BrClN2O/c14-9-2-3-11-8(5-9)1-4-12(16-11)17-7-10(15)6-13(17)18/h1-5,10H,6-7H2. The summed E-state index contributed by atoms with van der Waals surface area (Å²) < 4.78 is 1.02. The minimum absolute atomic E-state index is 0.0407. The third-order valence-corrected chi connectivity index (χ3v) is 3.78. The highest BCUT2D eigenvalue weighted by molar-refractivity contribution is 9.10. The molecule has 2 heterocycles. The van der Waals surface area contributed by atoms with Gasteiger partial charge in [-0.3, -0.25) is 9.69 Å². The van der Waals surface area contributed by atoms with Crippen LogP contribution in [0.2, 0.25) is 0 Å². The van der Waals surface area contributed by atoms with Crippen LogP contribution in [0.4, 0.5) is 5.82 Å². The minimum atomic E-state index is -0.111. The van der Waals surface area contributed by atoms with Gasteiger partial charge in [-0.2, -0.15) is 0 Å². The van der Waals surface area contributed by atoms with Gasteiger partial charge < -0.3 is 0 Å². The molecule has 1 unspecified atom stereocenters. The summed E-state index contributed by atoms with van der Waals surface area (Å²) in [5.74, 6) is 0.719. The van der Waals surface area contributed by atoms with Gasteiger partial charge in [0.1, 0.15) is 5.82 Å². The predicted octanol–water partition coefficient (Wildman–Crippen LogP) is 3.34. The maximum atomic E-state index is 11.8. The van der Waals surface area contributed by atoms with Gasteiger partial charge in [-0.25, -0.2) is 4.98 Å². The molecule has 0 radical (unpaired) electrons. The van der Waals surface area contributed by atoms with Gasteiger partial charge in [0.25, 0.3) is 0 Å². The highest BCUT2D eigenvalue weighted by Crippen LogP contribution is 2.26. The summed E-state index contributed by atoms with van der Waals surface area (Å²) in [7, 11) is 0. The first-order valence-corrected chi connectivity index (χ1v) is 6.87. The number of anilines is 1. The van der Waals surface area contributed by atoms with Gasteiger partial charge >= 0.3 is 0 Å². The Balaban J connectivity index is 2.03. The van der Waals surface area contributed by atoms with Gasteiger partial charge in [-0.05, 0) is 30.3 Å². The number of carbonyl (C=O) groups excluding carboxylic acids is 1. The molecule has 1 aromatic carbocycles. The number of hydrogen-bond donors (Lipinski definition) is 0. The molecule has 1 aliphatic heterocycles. The molecule has 5 heteroatoms. The average molecular weight is 326 g/mol. The minimum Gasteiger partial charge on any atom is -0.295 e. The van der Waals surface area contributed by atoms with Gasteiger partial charge in [0, 0.05) is 22.8 Å². The Kier molecular flexibility index (Phi) is 2.99. The molecule has 3 nitrogen and oxygen atoms in total. The fraction of sp³-hybridized carbons (Fsp3) is 0.231. The van der Waals surface area contributed by atoms with E-state index in [2.05, 4.69) is 20.9 Å². The fourth-order valence-electron chi connectivity index (χ4n) is 2.12. The summed E-state index contributed by atoms with van der Waals surface area (Å²) in [4.78, 5) is 17.9. The number of carbonyl (C=O) groups is 1. The Labute approximate surface area is 118 Å². The van der Waals surface area contributed by atoms with Gasteiger partial charge in [0.2, 0.25) is 5.91 Å². The van der Waals surface area contributed by atoms with E-state index in [9.17, 15) is 4.79 Å². The quantitative estimate of drug-likeness (QED) is 0.753. The topological polar surface area (TPSA) is 33.2 Å². The molecule has 1 aliphatic rings. The Morgan fingerprint density at radius 2 is 2.17 bits per heavy atom. The monoisotopic (exact) mass is 324 g/mol. The van der Waals surface area contributed by atoms with Crippen molar-refractivity contribution in [2.45, 2.75) is 11.8 Å². The molecule has 1 saturated heterocycles. The summed E-state index contributed by atoms with van der Waals surface area (Å²) in [6, 6.07) is 9.71.